The minimum atomic E-state index is -0.370. The molecule has 0 unspecified atom stereocenters. The maximum Gasteiger partial charge on any atom is 0.284 e. The first-order valence-corrected chi connectivity index (χ1v) is 9.41. The van der Waals surface area contributed by atoms with Crippen molar-refractivity contribution in [3.8, 4) is 5.75 Å². The standard InChI is InChI=1S/C19H23Cl2N3O2/c1-19(2,3)26-18(22)24-8-5-13(6-9-24)25-17-15(20)10-12-11-23-7-4-14(12)16(17)21/h4,7,10-11,13,22H,5-6,8-9H2,1-3H3. The third-order valence-electron chi connectivity index (χ3n) is 4.20. The van der Waals surface area contributed by atoms with Crippen molar-refractivity contribution >= 4 is 40.0 Å². The van der Waals surface area contributed by atoms with Gasteiger partial charge < -0.3 is 14.4 Å². The van der Waals surface area contributed by atoms with E-state index >= 15 is 0 Å². The van der Waals surface area contributed by atoms with Crippen molar-refractivity contribution in [3.63, 3.8) is 0 Å². The van der Waals surface area contributed by atoms with Crippen LogP contribution >= 0.6 is 23.2 Å². The van der Waals surface area contributed by atoms with Crippen LogP contribution < -0.4 is 4.74 Å². The summed E-state index contributed by atoms with van der Waals surface area (Å²) < 4.78 is 11.8. The molecule has 1 aromatic heterocycles. The monoisotopic (exact) mass is 395 g/mol. The van der Waals surface area contributed by atoms with Crippen molar-refractivity contribution in [2.24, 2.45) is 0 Å². The zero-order valence-electron chi connectivity index (χ0n) is 15.2. The number of amidine groups is 1. The molecule has 2 aromatic rings. The average molecular weight is 396 g/mol. The molecule has 0 atom stereocenters. The summed E-state index contributed by atoms with van der Waals surface area (Å²) in [5.41, 5.74) is -0.370. The van der Waals surface area contributed by atoms with E-state index in [4.69, 9.17) is 38.1 Å². The average Bonchev–Trinajstić information content (AvgIpc) is 2.57. The third kappa shape index (κ3) is 4.33. The second-order valence-electron chi connectivity index (χ2n) is 7.42. The normalized spacial score (nSPS) is 16.0. The molecule has 0 aliphatic carbocycles. The van der Waals surface area contributed by atoms with Crippen molar-refractivity contribution < 1.29 is 9.47 Å². The first-order valence-electron chi connectivity index (χ1n) is 8.65. The van der Waals surface area contributed by atoms with E-state index in [2.05, 4.69) is 4.98 Å². The molecular weight excluding hydrogens is 373 g/mol. The molecule has 5 nitrogen and oxygen atoms in total. The van der Waals surface area contributed by atoms with Crippen molar-refractivity contribution in [1.29, 1.82) is 5.41 Å². The van der Waals surface area contributed by atoms with E-state index in [0.29, 0.717) is 28.9 Å². The summed E-state index contributed by atoms with van der Waals surface area (Å²) in [6.45, 7) is 7.22. The van der Waals surface area contributed by atoms with Gasteiger partial charge in [-0.2, -0.15) is 0 Å². The van der Waals surface area contributed by atoms with Crippen LogP contribution in [-0.4, -0.2) is 40.7 Å². The maximum atomic E-state index is 8.10. The lowest BCUT2D eigenvalue weighted by atomic mass is 10.1. The van der Waals surface area contributed by atoms with E-state index < -0.39 is 0 Å². The summed E-state index contributed by atoms with van der Waals surface area (Å²) in [5, 5.41) is 10.9. The number of ether oxygens (including phenoxy) is 2. The second kappa shape index (κ2) is 7.49. The fourth-order valence-electron chi connectivity index (χ4n) is 2.96. The van der Waals surface area contributed by atoms with Gasteiger partial charge >= 0.3 is 0 Å². The summed E-state index contributed by atoms with van der Waals surface area (Å²) >= 11 is 12.9. The largest absolute Gasteiger partial charge is 0.487 e. The van der Waals surface area contributed by atoms with E-state index in [9.17, 15) is 0 Å². The smallest absolute Gasteiger partial charge is 0.284 e. The number of rotatable bonds is 2. The van der Waals surface area contributed by atoms with Crippen LogP contribution in [0.3, 0.4) is 0 Å². The Kier molecular flexibility index (Phi) is 5.49. The number of hydrogen-bond acceptors (Lipinski definition) is 4. The van der Waals surface area contributed by atoms with E-state index in [0.717, 1.165) is 23.6 Å². The lowest BCUT2D eigenvalue weighted by molar-refractivity contribution is 0.0649. The molecule has 2 heterocycles. The summed E-state index contributed by atoms with van der Waals surface area (Å²) in [7, 11) is 0. The molecule has 0 spiro atoms. The molecule has 7 heteroatoms. The van der Waals surface area contributed by atoms with Crippen LogP contribution in [0.25, 0.3) is 10.8 Å². The Morgan fingerprint density at radius 3 is 2.62 bits per heavy atom. The fourth-order valence-corrected chi connectivity index (χ4v) is 3.58. The second-order valence-corrected chi connectivity index (χ2v) is 8.21. The van der Waals surface area contributed by atoms with Gasteiger partial charge in [-0.05, 0) is 32.9 Å². The number of benzene rings is 1. The van der Waals surface area contributed by atoms with Gasteiger partial charge in [-0.3, -0.25) is 10.4 Å². The van der Waals surface area contributed by atoms with Gasteiger partial charge in [0.15, 0.2) is 5.75 Å². The molecule has 1 aromatic carbocycles. The molecule has 140 valence electrons. The van der Waals surface area contributed by atoms with Crippen LogP contribution in [0.5, 0.6) is 5.75 Å². The number of aromatic nitrogens is 1. The van der Waals surface area contributed by atoms with Gasteiger partial charge in [-0.25, -0.2) is 0 Å². The Hall–Kier alpha value is -1.72. The van der Waals surface area contributed by atoms with Crippen molar-refractivity contribution in [2.75, 3.05) is 13.1 Å². The summed E-state index contributed by atoms with van der Waals surface area (Å²) in [5.74, 6) is 0.520. The van der Waals surface area contributed by atoms with Crippen LogP contribution in [-0.2, 0) is 4.74 Å². The molecule has 3 rings (SSSR count). The van der Waals surface area contributed by atoms with Gasteiger partial charge in [0.2, 0.25) is 0 Å². The molecule has 1 aliphatic rings. The topological polar surface area (TPSA) is 58.4 Å². The van der Waals surface area contributed by atoms with Crippen molar-refractivity contribution in [1.82, 2.24) is 9.88 Å². The number of fused-ring (bicyclic) bond motifs is 1. The Morgan fingerprint density at radius 2 is 1.96 bits per heavy atom. The Balaban J connectivity index is 1.67. The van der Waals surface area contributed by atoms with Crippen LogP contribution in [0.1, 0.15) is 33.6 Å². The van der Waals surface area contributed by atoms with Gasteiger partial charge in [0, 0.05) is 49.1 Å². The van der Waals surface area contributed by atoms with Crippen molar-refractivity contribution in [3.05, 3.63) is 34.6 Å². The quantitative estimate of drug-likeness (QED) is 0.565. The summed E-state index contributed by atoms with van der Waals surface area (Å²) in [4.78, 5) is 6.03. The minimum absolute atomic E-state index is 0.00275. The van der Waals surface area contributed by atoms with E-state index in [1.807, 2.05) is 37.8 Å². The number of piperidine rings is 1. The van der Waals surface area contributed by atoms with Gasteiger partial charge in [0.1, 0.15) is 11.7 Å². The lowest BCUT2D eigenvalue weighted by Gasteiger charge is -2.35. The number of nitrogens with zero attached hydrogens (tertiary/aromatic N) is 2. The van der Waals surface area contributed by atoms with E-state index in [1.165, 1.54) is 0 Å². The summed E-state index contributed by atoms with van der Waals surface area (Å²) in [6.07, 6.45) is 4.98. The van der Waals surface area contributed by atoms with Crippen LogP contribution in [0.15, 0.2) is 24.5 Å². The third-order valence-corrected chi connectivity index (χ3v) is 4.86. The highest BCUT2D eigenvalue weighted by molar-refractivity contribution is 6.41. The highest BCUT2D eigenvalue weighted by Crippen LogP contribution is 2.40. The van der Waals surface area contributed by atoms with Crippen LogP contribution in [0.4, 0.5) is 0 Å². The Bertz CT molecular complexity index is 812. The molecule has 1 N–H and O–H groups in total. The molecule has 0 saturated carbocycles. The van der Waals surface area contributed by atoms with E-state index in [1.54, 1.807) is 12.4 Å². The Morgan fingerprint density at radius 1 is 1.27 bits per heavy atom. The molecule has 26 heavy (non-hydrogen) atoms. The lowest BCUT2D eigenvalue weighted by Crippen LogP contribution is -2.44. The molecule has 1 saturated heterocycles. The number of hydrogen-bond donors (Lipinski definition) is 1. The maximum absolute atomic E-state index is 8.10. The van der Waals surface area contributed by atoms with Crippen molar-refractivity contribution in [2.45, 2.75) is 45.3 Å². The zero-order chi connectivity index (χ0) is 18.9. The van der Waals surface area contributed by atoms with Crippen LogP contribution in [0, 0.1) is 5.41 Å². The predicted molar refractivity (Wildman–Crippen MR) is 106 cm³/mol. The Labute approximate surface area is 163 Å². The number of pyridine rings is 1. The van der Waals surface area contributed by atoms with Gasteiger partial charge in [-0.1, -0.05) is 23.2 Å². The number of halogens is 2. The molecular formula is C19H23Cl2N3O2. The molecule has 1 fully saturated rings. The minimum Gasteiger partial charge on any atom is -0.487 e. The first kappa shape index (κ1) is 19.1. The van der Waals surface area contributed by atoms with E-state index in [-0.39, 0.29) is 17.7 Å². The van der Waals surface area contributed by atoms with Gasteiger partial charge in [0.05, 0.1) is 10.0 Å². The number of likely N-dealkylation sites (tertiary alicyclic amines) is 1. The zero-order valence-corrected chi connectivity index (χ0v) is 16.7. The highest BCUT2D eigenvalue weighted by Gasteiger charge is 2.26. The molecule has 0 radical (unpaired) electrons. The first-order chi connectivity index (χ1) is 12.2. The fraction of sp³-hybridized carbons (Fsp3) is 0.474. The SMILES string of the molecule is CC(C)(C)OC(=N)N1CCC(Oc2c(Cl)cc3cnccc3c2Cl)CC1. The van der Waals surface area contributed by atoms with Gasteiger partial charge in [0.25, 0.3) is 6.02 Å². The van der Waals surface area contributed by atoms with Gasteiger partial charge in [-0.15, -0.1) is 0 Å². The number of nitrogens with one attached hydrogen (secondary N) is 1. The molecule has 0 bridgehead atoms. The molecule has 0 amide bonds. The predicted octanol–water partition coefficient (Wildman–Crippen LogP) is 5.13. The summed E-state index contributed by atoms with van der Waals surface area (Å²) in [6, 6.07) is 3.90. The molecule has 1 aliphatic heterocycles. The highest BCUT2D eigenvalue weighted by atomic mass is 35.5. The van der Waals surface area contributed by atoms with Crippen LogP contribution in [0.2, 0.25) is 10.0 Å².